The van der Waals surface area contributed by atoms with Gasteiger partial charge in [0.25, 0.3) is 0 Å². The van der Waals surface area contributed by atoms with Gasteiger partial charge in [0.1, 0.15) is 5.82 Å². The van der Waals surface area contributed by atoms with Gasteiger partial charge in [-0.3, -0.25) is 0 Å². The van der Waals surface area contributed by atoms with E-state index in [9.17, 15) is 4.39 Å². The zero-order chi connectivity index (χ0) is 14.2. The standard InChI is InChI=1S/C16H15BrClF/c1-9-6-12(19)4-5-13(9)16(17)14-7-11(3)15(18)8-10(14)2/h4-8,16H,1-3H3. The molecule has 0 spiro atoms. The molecule has 3 heteroatoms. The van der Waals surface area contributed by atoms with Crippen molar-refractivity contribution in [2.24, 2.45) is 0 Å². The Morgan fingerprint density at radius 1 is 0.947 bits per heavy atom. The van der Waals surface area contributed by atoms with Crippen molar-refractivity contribution < 1.29 is 4.39 Å². The molecule has 1 unspecified atom stereocenters. The van der Waals surface area contributed by atoms with Gasteiger partial charge in [-0.25, -0.2) is 4.39 Å². The van der Waals surface area contributed by atoms with Gasteiger partial charge < -0.3 is 0 Å². The highest BCUT2D eigenvalue weighted by Gasteiger charge is 2.16. The minimum Gasteiger partial charge on any atom is -0.207 e. The van der Waals surface area contributed by atoms with Gasteiger partial charge in [-0.15, -0.1) is 0 Å². The molecule has 0 saturated carbocycles. The summed E-state index contributed by atoms with van der Waals surface area (Å²) in [4.78, 5) is 0.0454. The number of hydrogen-bond donors (Lipinski definition) is 0. The van der Waals surface area contributed by atoms with Crippen LogP contribution in [-0.2, 0) is 0 Å². The summed E-state index contributed by atoms with van der Waals surface area (Å²) < 4.78 is 13.2. The van der Waals surface area contributed by atoms with Crippen LogP contribution in [0.2, 0.25) is 5.02 Å². The van der Waals surface area contributed by atoms with Crippen molar-refractivity contribution in [3.05, 3.63) is 69.0 Å². The molecule has 0 aromatic heterocycles. The SMILES string of the molecule is Cc1cc(C(Br)c2ccc(F)cc2C)c(C)cc1Cl. The van der Waals surface area contributed by atoms with Crippen LogP contribution in [0.15, 0.2) is 30.3 Å². The first-order valence-electron chi connectivity index (χ1n) is 6.07. The minimum atomic E-state index is -0.204. The van der Waals surface area contributed by atoms with Crippen molar-refractivity contribution in [1.29, 1.82) is 0 Å². The Hall–Kier alpha value is -0.860. The maximum Gasteiger partial charge on any atom is 0.123 e. The molecular weight excluding hydrogens is 327 g/mol. The average Bonchev–Trinajstić information content (AvgIpc) is 2.33. The average molecular weight is 342 g/mol. The molecule has 0 fully saturated rings. The fourth-order valence-corrected chi connectivity index (χ4v) is 3.39. The zero-order valence-corrected chi connectivity index (χ0v) is 13.4. The molecule has 0 N–H and O–H groups in total. The minimum absolute atomic E-state index is 0.0454. The first-order valence-corrected chi connectivity index (χ1v) is 7.36. The predicted molar refractivity (Wildman–Crippen MR) is 82.8 cm³/mol. The van der Waals surface area contributed by atoms with E-state index in [0.717, 1.165) is 32.8 Å². The quantitative estimate of drug-likeness (QED) is 0.598. The van der Waals surface area contributed by atoms with Crippen LogP contribution in [0, 0.1) is 26.6 Å². The summed E-state index contributed by atoms with van der Waals surface area (Å²) in [5, 5.41) is 0.775. The third-order valence-electron chi connectivity index (χ3n) is 3.33. The number of alkyl halides is 1. The molecule has 1 atom stereocenters. The highest BCUT2D eigenvalue weighted by atomic mass is 79.9. The van der Waals surface area contributed by atoms with E-state index < -0.39 is 0 Å². The van der Waals surface area contributed by atoms with E-state index in [1.54, 1.807) is 6.07 Å². The van der Waals surface area contributed by atoms with Crippen LogP contribution in [0.4, 0.5) is 4.39 Å². The topological polar surface area (TPSA) is 0 Å². The van der Waals surface area contributed by atoms with Gasteiger partial charge in [-0.05, 0) is 66.8 Å². The third kappa shape index (κ3) is 3.01. The Morgan fingerprint density at radius 2 is 1.58 bits per heavy atom. The van der Waals surface area contributed by atoms with Gasteiger partial charge in [0, 0.05) is 5.02 Å². The molecule has 0 radical (unpaired) electrons. The van der Waals surface area contributed by atoms with E-state index in [-0.39, 0.29) is 10.6 Å². The first-order chi connectivity index (χ1) is 8.90. The molecule has 19 heavy (non-hydrogen) atoms. The lowest BCUT2D eigenvalue weighted by Gasteiger charge is -2.17. The van der Waals surface area contributed by atoms with E-state index >= 15 is 0 Å². The number of aryl methyl sites for hydroxylation is 3. The molecule has 0 aliphatic heterocycles. The molecule has 0 aliphatic carbocycles. The lowest BCUT2D eigenvalue weighted by Crippen LogP contribution is -2.00. The van der Waals surface area contributed by atoms with Crippen LogP contribution in [0.5, 0.6) is 0 Å². The summed E-state index contributed by atoms with van der Waals surface area (Å²) in [6, 6.07) is 8.93. The molecule has 2 aromatic carbocycles. The van der Waals surface area contributed by atoms with Gasteiger partial charge in [-0.1, -0.05) is 39.7 Å². The Bertz CT molecular complexity index is 622. The van der Waals surface area contributed by atoms with Crippen molar-refractivity contribution in [3.8, 4) is 0 Å². The van der Waals surface area contributed by atoms with Crippen molar-refractivity contribution in [3.63, 3.8) is 0 Å². The predicted octanol–water partition coefficient (Wildman–Crippen LogP) is 5.89. The lowest BCUT2D eigenvalue weighted by molar-refractivity contribution is 0.626. The van der Waals surface area contributed by atoms with E-state index in [1.807, 2.05) is 32.9 Å². The summed E-state index contributed by atoms with van der Waals surface area (Å²) in [5.74, 6) is -0.204. The lowest BCUT2D eigenvalue weighted by atomic mass is 9.96. The van der Waals surface area contributed by atoms with E-state index in [2.05, 4.69) is 22.0 Å². The maximum atomic E-state index is 13.2. The van der Waals surface area contributed by atoms with Gasteiger partial charge in [0.15, 0.2) is 0 Å². The van der Waals surface area contributed by atoms with Gasteiger partial charge in [0.2, 0.25) is 0 Å². The number of rotatable bonds is 2. The Labute approximate surface area is 126 Å². The second-order valence-corrected chi connectivity index (χ2v) is 6.14. The molecule has 0 saturated heterocycles. The first kappa shape index (κ1) is 14.5. The smallest absolute Gasteiger partial charge is 0.123 e. The zero-order valence-electron chi connectivity index (χ0n) is 11.1. The van der Waals surface area contributed by atoms with Crippen LogP contribution in [0.25, 0.3) is 0 Å². The Balaban J connectivity index is 2.49. The fraction of sp³-hybridized carbons (Fsp3) is 0.250. The summed E-state index contributed by atoms with van der Waals surface area (Å²) in [7, 11) is 0. The summed E-state index contributed by atoms with van der Waals surface area (Å²) in [6.07, 6.45) is 0. The van der Waals surface area contributed by atoms with Crippen molar-refractivity contribution >= 4 is 27.5 Å². The molecule has 0 aliphatic rings. The summed E-state index contributed by atoms with van der Waals surface area (Å²) in [5.41, 5.74) is 5.35. The van der Waals surface area contributed by atoms with Crippen LogP contribution in [0.3, 0.4) is 0 Å². The van der Waals surface area contributed by atoms with Crippen LogP contribution in [-0.4, -0.2) is 0 Å². The highest BCUT2D eigenvalue weighted by molar-refractivity contribution is 9.09. The molecular formula is C16H15BrClF. The number of halogens is 3. The molecule has 0 heterocycles. The summed E-state index contributed by atoms with van der Waals surface area (Å²) in [6.45, 7) is 5.95. The maximum absolute atomic E-state index is 13.2. The molecule has 0 amide bonds. The van der Waals surface area contributed by atoms with Crippen LogP contribution in [0.1, 0.15) is 32.6 Å². The van der Waals surface area contributed by atoms with Gasteiger partial charge in [0.05, 0.1) is 4.83 Å². The molecule has 2 rings (SSSR count). The van der Waals surface area contributed by atoms with Crippen LogP contribution < -0.4 is 0 Å². The van der Waals surface area contributed by atoms with Crippen LogP contribution >= 0.6 is 27.5 Å². The number of hydrogen-bond acceptors (Lipinski definition) is 0. The van der Waals surface area contributed by atoms with Crippen molar-refractivity contribution in [2.45, 2.75) is 25.6 Å². The van der Waals surface area contributed by atoms with E-state index in [0.29, 0.717) is 0 Å². The highest BCUT2D eigenvalue weighted by Crippen LogP contribution is 2.36. The van der Waals surface area contributed by atoms with E-state index in [4.69, 9.17) is 11.6 Å². The molecule has 100 valence electrons. The van der Waals surface area contributed by atoms with E-state index in [1.165, 1.54) is 6.07 Å². The fourth-order valence-electron chi connectivity index (χ4n) is 2.17. The summed E-state index contributed by atoms with van der Waals surface area (Å²) >= 11 is 9.84. The largest absolute Gasteiger partial charge is 0.207 e. The third-order valence-corrected chi connectivity index (χ3v) is 4.72. The Morgan fingerprint density at radius 3 is 2.21 bits per heavy atom. The van der Waals surface area contributed by atoms with Gasteiger partial charge >= 0.3 is 0 Å². The second kappa shape index (κ2) is 5.64. The monoisotopic (exact) mass is 340 g/mol. The molecule has 2 aromatic rings. The van der Waals surface area contributed by atoms with Gasteiger partial charge in [-0.2, -0.15) is 0 Å². The van der Waals surface area contributed by atoms with Crippen molar-refractivity contribution in [2.75, 3.05) is 0 Å². The Kier molecular flexibility index (Phi) is 4.32. The van der Waals surface area contributed by atoms with Crippen molar-refractivity contribution in [1.82, 2.24) is 0 Å². The number of benzene rings is 2. The molecule has 0 nitrogen and oxygen atoms in total. The normalized spacial score (nSPS) is 12.5. The molecule has 0 bridgehead atoms. The second-order valence-electron chi connectivity index (χ2n) is 4.82.